The van der Waals surface area contributed by atoms with Crippen LogP contribution in [0.2, 0.25) is 0 Å². The summed E-state index contributed by atoms with van der Waals surface area (Å²) in [5, 5.41) is 3.50. The van der Waals surface area contributed by atoms with Crippen LogP contribution in [0.5, 0.6) is 0 Å². The maximum Gasteiger partial charge on any atom is 0.277 e. The topological polar surface area (TPSA) is 16.4 Å². The Morgan fingerprint density at radius 3 is 2.41 bits per heavy atom. The van der Waals surface area contributed by atoms with Gasteiger partial charge in [0.1, 0.15) is 5.92 Å². The molecule has 2 atom stereocenters. The van der Waals surface area contributed by atoms with Crippen LogP contribution in [-0.4, -0.2) is 19.6 Å². The minimum Gasteiger partial charge on any atom is -0.316 e. The summed E-state index contributed by atoms with van der Waals surface area (Å²) in [4.78, 5) is 4.59. The molecule has 1 aliphatic carbocycles. The maximum atomic E-state index is 4.59. The highest BCUT2D eigenvalue weighted by Crippen LogP contribution is 2.25. The van der Waals surface area contributed by atoms with Crippen molar-refractivity contribution < 1.29 is 0 Å². The van der Waals surface area contributed by atoms with Crippen LogP contribution in [0.3, 0.4) is 0 Å². The van der Waals surface area contributed by atoms with Gasteiger partial charge in [0.25, 0.3) is 12.6 Å². The second-order valence-corrected chi connectivity index (χ2v) is 6.80. The molecule has 2 heteroatoms. The fourth-order valence-electron chi connectivity index (χ4n) is 3.42. The highest BCUT2D eigenvalue weighted by molar-refractivity contribution is 5.11. The van der Waals surface area contributed by atoms with Crippen molar-refractivity contribution in [3.63, 3.8) is 0 Å². The maximum absolute atomic E-state index is 4.59. The fraction of sp³-hybridized carbons (Fsp3) is 0.850. The van der Waals surface area contributed by atoms with Gasteiger partial charge in [0.05, 0.1) is 0 Å². The number of nitrogens with one attached hydrogen (secondary N) is 1. The fourth-order valence-corrected chi connectivity index (χ4v) is 3.42. The van der Waals surface area contributed by atoms with Gasteiger partial charge in [0, 0.05) is 25.3 Å². The quantitative estimate of drug-likeness (QED) is 0.685. The van der Waals surface area contributed by atoms with E-state index in [4.69, 9.17) is 0 Å². The Balaban J connectivity index is 1.98. The summed E-state index contributed by atoms with van der Waals surface area (Å²) in [6.07, 6.45) is 15.4. The van der Waals surface area contributed by atoms with Gasteiger partial charge in [-0.3, -0.25) is 0 Å². The molecule has 0 aromatic rings. The SMILES string of the molecule is C1#CC(C2C#[N+]CCCNCCCC2)CCCCCCCC1. The van der Waals surface area contributed by atoms with Gasteiger partial charge in [-0.05, 0) is 32.2 Å². The molecule has 0 saturated heterocycles. The lowest BCUT2D eigenvalue weighted by Crippen LogP contribution is -2.17. The van der Waals surface area contributed by atoms with Crippen molar-refractivity contribution in [3.8, 4) is 17.9 Å². The molecule has 2 nitrogen and oxygen atoms in total. The summed E-state index contributed by atoms with van der Waals surface area (Å²) >= 11 is 0. The van der Waals surface area contributed by atoms with Crippen LogP contribution in [-0.2, 0) is 0 Å². The van der Waals surface area contributed by atoms with Gasteiger partial charge in [-0.15, -0.1) is 5.92 Å². The minimum atomic E-state index is 0.464. The van der Waals surface area contributed by atoms with Crippen LogP contribution >= 0.6 is 0 Å². The lowest BCUT2D eigenvalue weighted by atomic mass is 9.85. The van der Waals surface area contributed by atoms with Crippen LogP contribution in [0.15, 0.2) is 0 Å². The highest BCUT2D eigenvalue weighted by Gasteiger charge is 2.22. The lowest BCUT2D eigenvalue weighted by molar-refractivity contribution is 0.410. The lowest BCUT2D eigenvalue weighted by Gasteiger charge is -2.15. The molecule has 0 radical (unpaired) electrons. The first-order valence-corrected chi connectivity index (χ1v) is 9.58. The van der Waals surface area contributed by atoms with Gasteiger partial charge in [-0.25, -0.2) is 0 Å². The van der Waals surface area contributed by atoms with Crippen molar-refractivity contribution in [2.45, 2.75) is 77.0 Å². The van der Waals surface area contributed by atoms with Gasteiger partial charge in [0.15, 0.2) is 0 Å². The standard InChI is InChI=1S/C20H33N2/c1-2-4-6-8-13-19(12-7-5-3-1)20-14-9-10-15-21-16-11-17-22-18-20/h19-21H,1-7,9-12,14-17H2/q+1. The molecule has 0 aromatic carbocycles. The molecule has 1 heterocycles. The summed E-state index contributed by atoms with van der Waals surface area (Å²) in [5.74, 6) is 8.02. The van der Waals surface area contributed by atoms with Crippen molar-refractivity contribution in [1.82, 2.24) is 5.32 Å². The van der Waals surface area contributed by atoms with E-state index in [0.717, 1.165) is 32.5 Å². The van der Waals surface area contributed by atoms with E-state index >= 15 is 0 Å². The summed E-state index contributed by atoms with van der Waals surface area (Å²) < 4.78 is 0. The Labute approximate surface area is 137 Å². The van der Waals surface area contributed by atoms with Crippen molar-refractivity contribution in [2.24, 2.45) is 11.8 Å². The Morgan fingerprint density at radius 2 is 1.45 bits per heavy atom. The van der Waals surface area contributed by atoms with E-state index in [1.54, 1.807) is 0 Å². The van der Waals surface area contributed by atoms with E-state index in [1.165, 1.54) is 64.2 Å². The predicted molar refractivity (Wildman–Crippen MR) is 95.1 cm³/mol. The van der Waals surface area contributed by atoms with Gasteiger partial charge >= 0.3 is 0 Å². The molecule has 122 valence electrons. The van der Waals surface area contributed by atoms with Crippen LogP contribution in [0, 0.1) is 29.7 Å². The molecule has 0 spiro atoms. The first kappa shape index (κ1) is 17.4. The largest absolute Gasteiger partial charge is 0.316 e. The number of nitrogens with zero attached hydrogens (tertiary/aromatic N) is 1. The number of hydrogen-bond acceptors (Lipinski definition) is 1. The van der Waals surface area contributed by atoms with Crippen LogP contribution < -0.4 is 5.32 Å². The van der Waals surface area contributed by atoms with Gasteiger partial charge < -0.3 is 5.32 Å². The molecule has 0 aromatic heterocycles. The van der Waals surface area contributed by atoms with E-state index in [2.05, 4.69) is 28.1 Å². The molecule has 2 aliphatic rings. The zero-order chi connectivity index (χ0) is 15.3. The van der Waals surface area contributed by atoms with Crippen molar-refractivity contribution in [2.75, 3.05) is 19.6 Å². The molecule has 22 heavy (non-hydrogen) atoms. The average molecular weight is 301 g/mol. The molecular formula is C20H33N2+. The Kier molecular flexibility index (Phi) is 9.13. The van der Waals surface area contributed by atoms with E-state index in [9.17, 15) is 0 Å². The first-order chi connectivity index (χ1) is 11.0. The zero-order valence-corrected chi connectivity index (χ0v) is 14.2. The second kappa shape index (κ2) is 11.6. The smallest absolute Gasteiger partial charge is 0.277 e. The Bertz CT molecular complexity index is 367. The summed E-state index contributed by atoms with van der Waals surface area (Å²) in [6.45, 7) is 3.17. The zero-order valence-electron chi connectivity index (χ0n) is 14.2. The summed E-state index contributed by atoms with van der Waals surface area (Å²) in [6, 6.07) is 3.48. The minimum absolute atomic E-state index is 0.464. The van der Waals surface area contributed by atoms with E-state index in [-0.39, 0.29) is 0 Å². The molecular weight excluding hydrogens is 268 g/mol. The van der Waals surface area contributed by atoms with Gasteiger partial charge in [-0.1, -0.05) is 49.3 Å². The van der Waals surface area contributed by atoms with E-state index in [0.29, 0.717) is 11.8 Å². The monoisotopic (exact) mass is 301 g/mol. The molecule has 0 bridgehead atoms. The molecule has 0 fully saturated rings. The summed E-state index contributed by atoms with van der Waals surface area (Å²) in [5.41, 5.74) is 0. The predicted octanol–water partition coefficient (Wildman–Crippen LogP) is 4.85. The third-order valence-electron chi connectivity index (χ3n) is 4.84. The van der Waals surface area contributed by atoms with Crippen molar-refractivity contribution in [1.29, 1.82) is 0 Å². The summed E-state index contributed by atoms with van der Waals surface area (Å²) in [7, 11) is 0. The molecule has 1 aliphatic heterocycles. The number of rotatable bonds is 1. The van der Waals surface area contributed by atoms with E-state index < -0.39 is 0 Å². The molecule has 2 unspecified atom stereocenters. The van der Waals surface area contributed by atoms with Crippen molar-refractivity contribution >= 4 is 0 Å². The molecule has 1 N–H and O–H groups in total. The first-order valence-electron chi connectivity index (χ1n) is 9.58. The molecule has 2 rings (SSSR count). The van der Waals surface area contributed by atoms with Crippen LogP contribution in [0.1, 0.15) is 77.0 Å². The third-order valence-corrected chi connectivity index (χ3v) is 4.84. The van der Waals surface area contributed by atoms with Gasteiger partial charge in [0.2, 0.25) is 0 Å². The third kappa shape index (κ3) is 7.33. The number of hydrogen-bond donors (Lipinski definition) is 1. The Hall–Kier alpha value is -0.990. The molecule has 0 amide bonds. The normalized spacial score (nSPS) is 28.7. The Morgan fingerprint density at radius 1 is 0.727 bits per heavy atom. The highest BCUT2D eigenvalue weighted by atomic mass is 14.8. The van der Waals surface area contributed by atoms with Crippen molar-refractivity contribution in [3.05, 3.63) is 4.85 Å². The van der Waals surface area contributed by atoms with E-state index in [1.807, 2.05) is 0 Å². The second-order valence-electron chi connectivity index (χ2n) is 6.80. The van der Waals surface area contributed by atoms with Gasteiger partial charge in [-0.2, -0.15) is 0 Å². The van der Waals surface area contributed by atoms with Crippen LogP contribution in [0.25, 0.3) is 4.85 Å². The average Bonchev–Trinajstić information content (AvgIpc) is 2.64. The van der Waals surface area contributed by atoms with Crippen LogP contribution in [0.4, 0.5) is 0 Å². The molecule has 0 saturated carbocycles.